The minimum absolute atomic E-state index is 0.149. The minimum Gasteiger partial charge on any atom is -0.381 e. The Bertz CT molecular complexity index is 490. The molecule has 0 atom stereocenters. The van der Waals surface area contributed by atoms with Crippen molar-refractivity contribution >= 4 is 23.2 Å². The molecule has 0 aliphatic heterocycles. The van der Waals surface area contributed by atoms with Crippen LogP contribution in [0, 0.1) is 0 Å². The van der Waals surface area contributed by atoms with E-state index in [1.54, 1.807) is 55.6 Å². The van der Waals surface area contributed by atoms with Crippen LogP contribution < -0.4 is 0 Å². The van der Waals surface area contributed by atoms with E-state index in [0.717, 1.165) is 11.1 Å². The number of aliphatic hydroxyl groups is 1. The van der Waals surface area contributed by atoms with Gasteiger partial charge in [0.25, 0.3) is 0 Å². The lowest BCUT2D eigenvalue weighted by molar-refractivity contribution is -0.00327. The molecule has 19 heavy (non-hydrogen) atoms. The average molecular weight is 297 g/mol. The van der Waals surface area contributed by atoms with Gasteiger partial charge in [0.05, 0.1) is 6.61 Å². The maximum Gasteiger partial charge on any atom is 0.138 e. The van der Waals surface area contributed by atoms with Crippen LogP contribution in [0.15, 0.2) is 48.5 Å². The van der Waals surface area contributed by atoms with Gasteiger partial charge < -0.3 is 9.84 Å². The van der Waals surface area contributed by atoms with E-state index in [-0.39, 0.29) is 6.61 Å². The van der Waals surface area contributed by atoms with Gasteiger partial charge in [0, 0.05) is 17.2 Å². The van der Waals surface area contributed by atoms with Crippen molar-refractivity contribution in [2.45, 2.75) is 5.60 Å². The third kappa shape index (κ3) is 3.10. The van der Waals surface area contributed by atoms with Crippen LogP contribution in [0.25, 0.3) is 0 Å². The van der Waals surface area contributed by atoms with Crippen molar-refractivity contribution in [1.82, 2.24) is 0 Å². The van der Waals surface area contributed by atoms with Crippen LogP contribution >= 0.6 is 23.2 Å². The highest BCUT2D eigenvalue weighted by molar-refractivity contribution is 6.30. The molecule has 1 N–H and O–H groups in total. The van der Waals surface area contributed by atoms with E-state index in [1.165, 1.54) is 0 Å². The number of methoxy groups -OCH3 is 1. The van der Waals surface area contributed by atoms with E-state index >= 15 is 0 Å². The van der Waals surface area contributed by atoms with Crippen molar-refractivity contribution in [1.29, 1.82) is 0 Å². The van der Waals surface area contributed by atoms with E-state index in [0.29, 0.717) is 10.0 Å². The SMILES string of the molecule is COCC(O)(c1ccc(Cl)cc1)c1ccc(Cl)cc1. The molecule has 0 saturated carbocycles. The molecule has 0 aliphatic rings. The summed E-state index contributed by atoms with van der Waals surface area (Å²) in [6.07, 6.45) is 0. The first-order chi connectivity index (χ1) is 9.06. The number of benzene rings is 2. The van der Waals surface area contributed by atoms with Gasteiger partial charge >= 0.3 is 0 Å². The predicted molar refractivity (Wildman–Crippen MR) is 77.8 cm³/mol. The maximum absolute atomic E-state index is 10.9. The lowest BCUT2D eigenvalue weighted by Crippen LogP contribution is -2.32. The average Bonchev–Trinajstić information content (AvgIpc) is 2.40. The van der Waals surface area contributed by atoms with Crippen molar-refractivity contribution in [3.63, 3.8) is 0 Å². The zero-order valence-corrected chi connectivity index (χ0v) is 11.9. The Morgan fingerprint density at radius 3 is 1.58 bits per heavy atom. The van der Waals surface area contributed by atoms with Gasteiger partial charge in [-0.25, -0.2) is 0 Å². The number of hydrogen-bond donors (Lipinski definition) is 1. The maximum atomic E-state index is 10.9. The second kappa shape index (κ2) is 5.93. The fourth-order valence-electron chi connectivity index (χ4n) is 1.99. The molecule has 0 radical (unpaired) electrons. The molecular weight excluding hydrogens is 283 g/mol. The van der Waals surface area contributed by atoms with Gasteiger partial charge in [-0.05, 0) is 35.4 Å². The van der Waals surface area contributed by atoms with Gasteiger partial charge in [-0.15, -0.1) is 0 Å². The Balaban J connectivity index is 2.47. The molecule has 0 heterocycles. The first kappa shape index (κ1) is 14.4. The first-order valence-corrected chi connectivity index (χ1v) is 6.55. The Labute approximate surface area is 122 Å². The van der Waals surface area contributed by atoms with Gasteiger partial charge in [-0.1, -0.05) is 47.5 Å². The third-order valence-corrected chi connectivity index (χ3v) is 3.50. The molecule has 0 amide bonds. The molecule has 4 heteroatoms. The molecule has 2 rings (SSSR count). The molecule has 100 valence electrons. The molecule has 0 unspecified atom stereocenters. The second-order valence-electron chi connectivity index (χ2n) is 4.31. The Hall–Kier alpha value is -1.06. The van der Waals surface area contributed by atoms with Gasteiger partial charge in [-0.3, -0.25) is 0 Å². The van der Waals surface area contributed by atoms with Gasteiger partial charge in [0.1, 0.15) is 5.60 Å². The smallest absolute Gasteiger partial charge is 0.138 e. The predicted octanol–water partition coefficient (Wildman–Crippen LogP) is 3.88. The largest absolute Gasteiger partial charge is 0.381 e. The monoisotopic (exact) mass is 296 g/mol. The number of ether oxygens (including phenoxy) is 1. The molecule has 0 saturated heterocycles. The summed E-state index contributed by atoms with van der Waals surface area (Å²) in [5, 5.41) is 12.2. The summed E-state index contributed by atoms with van der Waals surface area (Å²) in [6, 6.07) is 14.1. The highest BCUT2D eigenvalue weighted by Crippen LogP contribution is 2.31. The highest BCUT2D eigenvalue weighted by atomic mass is 35.5. The van der Waals surface area contributed by atoms with Crippen LogP contribution in [-0.4, -0.2) is 18.8 Å². The lowest BCUT2D eigenvalue weighted by Gasteiger charge is -2.28. The number of hydrogen-bond acceptors (Lipinski definition) is 2. The first-order valence-electron chi connectivity index (χ1n) is 5.79. The van der Waals surface area contributed by atoms with Crippen LogP contribution in [0.3, 0.4) is 0 Å². The van der Waals surface area contributed by atoms with E-state index in [1.807, 2.05) is 0 Å². The molecule has 0 aliphatic carbocycles. The van der Waals surface area contributed by atoms with Crippen LogP contribution in [0.4, 0.5) is 0 Å². The molecule has 2 aromatic rings. The van der Waals surface area contributed by atoms with Crippen molar-refractivity contribution in [2.24, 2.45) is 0 Å². The van der Waals surface area contributed by atoms with Crippen molar-refractivity contribution < 1.29 is 9.84 Å². The zero-order chi connectivity index (χ0) is 13.9. The summed E-state index contributed by atoms with van der Waals surface area (Å²) in [6.45, 7) is 0.149. The third-order valence-electron chi connectivity index (χ3n) is 3.00. The zero-order valence-electron chi connectivity index (χ0n) is 10.4. The molecule has 2 nitrogen and oxygen atoms in total. The number of rotatable bonds is 4. The van der Waals surface area contributed by atoms with Crippen LogP contribution in [-0.2, 0) is 10.3 Å². The van der Waals surface area contributed by atoms with Crippen molar-refractivity contribution in [3.8, 4) is 0 Å². The van der Waals surface area contributed by atoms with Gasteiger partial charge in [0.2, 0.25) is 0 Å². The Kier molecular flexibility index (Phi) is 4.48. The van der Waals surface area contributed by atoms with E-state index in [4.69, 9.17) is 27.9 Å². The Morgan fingerprint density at radius 2 is 1.26 bits per heavy atom. The van der Waals surface area contributed by atoms with E-state index < -0.39 is 5.60 Å². The summed E-state index contributed by atoms with van der Waals surface area (Å²) in [5.41, 5.74) is 0.228. The summed E-state index contributed by atoms with van der Waals surface area (Å²) in [5.74, 6) is 0. The summed E-state index contributed by atoms with van der Waals surface area (Å²) < 4.78 is 5.16. The second-order valence-corrected chi connectivity index (χ2v) is 5.18. The van der Waals surface area contributed by atoms with Crippen LogP contribution in [0.2, 0.25) is 10.0 Å². The van der Waals surface area contributed by atoms with Crippen LogP contribution in [0.5, 0.6) is 0 Å². The van der Waals surface area contributed by atoms with E-state index in [2.05, 4.69) is 0 Å². The summed E-state index contributed by atoms with van der Waals surface area (Å²) in [4.78, 5) is 0. The number of halogens is 2. The lowest BCUT2D eigenvalue weighted by atomic mass is 9.87. The molecular formula is C15H14Cl2O2. The molecule has 2 aromatic carbocycles. The standard InChI is InChI=1S/C15H14Cl2O2/c1-19-10-15(18,11-2-6-13(16)7-3-11)12-4-8-14(17)9-5-12/h2-9,18H,10H2,1H3. The molecule has 0 spiro atoms. The highest BCUT2D eigenvalue weighted by Gasteiger charge is 2.31. The fourth-order valence-corrected chi connectivity index (χ4v) is 2.25. The van der Waals surface area contributed by atoms with Crippen molar-refractivity contribution in [2.75, 3.05) is 13.7 Å². The normalized spacial score (nSPS) is 11.6. The molecule has 0 aromatic heterocycles. The molecule has 0 fully saturated rings. The quantitative estimate of drug-likeness (QED) is 0.928. The van der Waals surface area contributed by atoms with Crippen molar-refractivity contribution in [3.05, 3.63) is 69.7 Å². The summed E-state index contributed by atoms with van der Waals surface area (Å²) in [7, 11) is 1.55. The summed E-state index contributed by atoms with van der Waals surface area (Å²) >= 11 is 11.8. The van der Waals surface area contributed by atoms with Crippen LogP contribution in [0.1, 0.15) is 11.1 Å². The molecule has 0 bridgehead atoms. The topological polar surface area (TPSA) is 29.5 Å². The van der Waals surface area contributed by atoms with Gasteiger partial charge in [0.15, 0.2) is 0 Å². The fraction of sp³-hybridized carbons (Fsp3) is 0.200. The Morgan fingerprint density at radius 1 is 0.895 bits per heavy atom. The minimum atomic E-state index is -1.22. The van der Waals surface area contributed by atoms with Gasteiger partial charge in [-0.2, -0.15) is 0 Å². The van der Waals surface area contributed by atoms with E-state index in [9.17, 15) is 5.11 Å².